The molecule has 4 heterocycles. The van der Waals surface area contributed by atoms with Crippen molar-refractivity contribution in [1.82, 2.24) is 5.32 Å². The van der Waals surface area contributed by atoms with E-state index in [9.17, 15) is 18.0 Å². The first-order chi connectivity index (χ1) is 21.4. The summed E-state index contributed by atoms with van der Waals surface area (Å²) in [5.41, 5.74) is 1.35. The first kappa shape index (κ1) is 32.0. The molecule has 0 radical (unpaired) electrons. The number of fused-ring (bicyclic) bond motifs is 2. The molecule has 10 nitrogen and oxygen atoms in total. The Balaban J connectivity index is 1.00. The summed E-state index contributed by atoms with van der Waals surface area (Å²) in [6.07, 6.45) is 6.76. The summed E-state index contributed by atoms with van der Waals surface area (Å²) in [4.78, 5) is 37.8. The van der Waals surface area contributed by atoms with Gasteiger partial charge in [0.1, 0.15) is 12.8 Å². The quantitative estimate of drug-likeness (QED) is 0.233. The van der Waals surface area contributed by atoms with Gasteiger partial charge in [-0.05, 0) is 67.4 Å². The van der Waals surface area contributed by atoms with Gasteiger partial charge in [0.2, 0.25) is 11.7 Å². The van der Waals surface area contributed by atoms with Crippen molar-refractivity contribution in [2.45, 2.75) is 81.9 Å². The van der Waals surface area contributed by atoms with Gasteiger partial charge in [-0.2, -0.15) is 0 Å². The second kappa shape index (κ2) is 12.4. The molecule has 0 aromatic heterocycles. The number of carbonyl (C=O) groups is 2. The first-order valence-corrected chi connectivity index (χ1v) is 17.5. The van der Waals surface area contributed by atoms with Gasteiger partial charge in [-0.15, -0.1) is 0 Å². The zero-order chi connectivity index (χ0) is 32.0. The van der Waals surface area contributed by atoms with E-state index in [0.29, 0.717) is 11.5 Å². The number of nitrogens with one attached hydrogen (secondary N) is 1. The molecule has 4 saturated heterocycles. The second-order valence-electron chi connectivity index (χ2n) is 13.1. The summed E-state index contributed by atoms with van der Waals surface area (Å²) < 4.78 is 41.7. The van der Waals surface area contributed by atoms with E-state index in [0.717, 1.165) is 43.1 Å². The van der Waals surface area contributed by atoms with Crippen LogP contribution in [0.4, 0.5) is 0 Å². The molecule has 2 aromatic carbocycles. The highest BCUT2D eigenvalue weighted by Crippen LogP contribution is 2.60. The predicted molar refractivity (Wildman–Crippen MR) is 164 cm³/mol. The summed E-state index contributed by atoms with van der Waals surface area (Å²) >= 11 is 0. The lowest BCUT2D eigenvalue weighted by Gasteiger charge is -2.60. The minimum atomic E-state index is -3.27. The number of rotatable bonds is 9. The zero-order valence-corrected chi connectivity index (χ0v) is 26.9. The van der Waals surface area contributed by atoms with Crippen LogP contribution in [-0.4, -0.2) is 56.9 Å². The maximum Gasteiger partial charge on any atom is 0.248 e. The van der Waals surface area contributed by atoms with Crippen LogP contribution in [-0.2, 0) is 45.2 Å². The fourth-order valence-corrected chi connectivity index (χ4v) is 8.02. The van der Waals surface area contributed by atoms with E-state index in [1.807, 2.05) is 6.92 Å². The van der Waals surface area contributed by atoms with Crippen LogP contribution in [0.5, 0.6) is 0 Å². The monoisotopic (exact) mass is 639 g/mol. The van der Waals surface area contributed by atoms with E-state index in [-0.39, 0.29) is 47.6 Å². The SMILES string of the molecule is C[C@H]1[C@@H](NC(=O)COCc2ccc(C(=O)/C=C/c3ccc(S(C)(=O)=O)cc3)cc2)O[C@@H]2O[C@@]3(C)CC[C@H]4[C@H](C)CC[C@@H]1[C@@]24OO3. The van der Waals surface area contributed by atoms with Crippen LogP contribution in [0.15, 0.2) is 59.5 Å². The van der Waals surface area contributed by atoms with Crippen molar-refractivity contribution in [3.05, 3.63) is 71.3 Å². The third kappa shape index (κ3) is 6.39. The van der Waals surface area contributed by atoms with Crippen LogP contribution >= 0.6 is 0 Å². The number of hydrogen-bond donors (Lipinski definition) is 1. The average molecular weight is 640 g/mol. The smallest absolute Gasteiger partial charge is 0.248 e. The Hall–Kier alpha value is -2.93. The van der Waals surface area contributed by atoms with E-state index in [1.54, 1.807) is 42.5 Å². The molecule has 1 N–H and O–H groups in total. The summed E-state index contributed by atoms with van der Waals surface area (Å²) in [6.45, 7) is 6.28. The number of allylic oxidation sites excluding steroid dienone is 1. The van der Waals surface area contributed by atoms with Crippen LogP contribution in [0.3, 0.4) is 0 Å². The van der Waals surface area contributed by atoms with Crippen LogP contribution in [0.25, 0.3) is 6.08 Å². The normalized spacial score (nSPS) is 34.2. The lowest BCUT2D eigenvalue weighted by Crippen LogP contribution is -2.72. The fraction of sp³-hybridized carbons (Fsp3) is 0.529. The number of ketones is 1. The van der Waals surface area contributed by atoms with E-state index < -0.39 is 33.7 Å². The first-order valence-electron chi connectivity index (χ1n) is 15.6. The molecule has 11 heteroatoms. The molecule has 5 fully saturated rings. The van der Waals surface area contributed by atoms with Crippen LogP contribution < -0.4 is 5.32 Å². The Labute approximate surface area is 264 Å². The molecule has 2 aromatic rings. The lowest BCUT2D eigenvalue weighted by atomic mass is 9.58. The maximum absolute atomic E-state index is 12.9. The number of carbonyl (C=O) groups excluding carboxylic acids is 2. The summed E-state index contributed by atoms with van der Waals surface area (Å²) in [5.74, 6) is -0.528. The zero-order valence-electron chi connectivity index (χ0n) is 26.1. The second-order valence-corrected chi connectivity index (χ2v) is 15.1. The number of hydrogen-bond acceptors (Lipinski definition) is 9. The minimum Gasteiger partial charge on any atom is -0.367 e. The molecule has 1 amide bonds. The molecule has 2 bridgehead atoms. The van der Waals surface area contributed by atoms with Crippen LogP contribution in [0.1, 0.15) is 67.9 Å². The Morgan fingerprint density at radius 2 is 1.73 bits per heavy atom. The maximum atomic E-state index is 12.9. The molecule has 0 unspecified atom stereocenters. The van der Waals surface area contributed by atoms with Crippen LogP contribution in [0.2, 0.25) is 0 Å². The van der Waals surface area contributed by atoms with Crippen molar-refractivity contribution in [1.29, 1.82) is 0 Å². The fourth-order valence-electron chi connectivity index (χ4n) is 7.39. The Kier molecular flexibility index (Phi) is 8.79. The van der Waals surface area contributed by atoms with Gasteiger partial charge in [0, 0.05) is 30.1 Å². The third-order valence-corrected chi connectivity index (χ3v) is 11.1. The lowest BCUT2D eigenvalue weighted by molar-refractivity contribution is -0.571. The van der Waals surface area contributed by atoms with Crippen molar-refractivity contribution < 1.29 is 42.0 Å². The molecule has 1 saturated carbocycles. The molecule has 5 aliphatic rings. The van der Waals surface area contributed by atoms with Gasteiger partial charge in [-0.3, -0.25) is 9.59 Å². The van der Waals surface area contributed by atoms with E-state index in [4.69, 9.17) is 24.0 Å². The van der Waals surface area contributed by atoms with E-state index >= 15 is 0 Å². The molecule has 8 atom stereocenters. The number of amides is 1. The van der Waals surface area contributed by atoms with Crippen molar-refractivity contribution in [2.75, 3.05) is 12.9 Å². The molecular formula is C34H41NO9S. The molecule has 45 heavy (non-hydrogen) atoms. The summed E-state index contributed by atoms with van der Waals surface area (Å²) in [7, 11) is -3.27. The Bertz CT molecular complexity index is 1560. The van der Waals surface area contributed by atoms with Crippen LogP contribution in [0, 0.1) is 23.7 Å². The van der Waals surface area contributed by atoms with Gasteiger partial charge < -0.3 is 19.5 Å². The number of ether oxygens (including phenoxy) is 3. The highest BCUT2D eigenvalue weighted by Gasteiger charge is 2.69. The Morgan fingerprint density at radius 1 is 1.00 bits per heavy atom. The predicted octanol–water partition coefficient (Wildman–Crippen LogP) is 4.83. The summed E-state index contributed by atoms with van der Waals surface area (Å²) in [6, 6.07) is 13.3. The average Bonchev–Trinajstić information content (AvgIpc) is 3.24. The van der Waals surface area contributed by atoms with Gasteiger partial charge in [0.05, 0.1) is 11.5 Å². The van der Waals surface area contributed by atoms with Crippen molar-refractivity contribution in [2.24, 2.45) is 23.7 Å². The molecular weight excluding hydrogens is 598 g/mol. The van der Waals surface area contributed by atoms with E-state index in [1.165, 1.54) is 18.2 Å². The van der Waals surface area contributed by atoms with Gasteiger partial charge >= 0.3 is 0 Å². The van der Waals surface area contributed by atoms with Gasteiger partial charge in [-0.1, -0.05) is 56.3 Å². The minimum absolute atomic E-state index is 0.0131. The van der Waals surface area contributed by atoms with Gasteiger partial charge in [0.15, 0.2) is 27.5 Å². The Morgan fingerprint density at radius 3 is 2.44 bits per heavy atom. The van der Waals surface area contributed by atoms with E-state index in [2.05, 4.69) is 19.2 Å². The molecule has 7 rings (SSSR count). The van der Waals surface area contributed by atoms with Gasteiger partial charge in [0.25, 0.3) is 0 Å². The molecule has 4 aliphatic heterocycles. The molecule has 1 spiro atoms. The number of benzene rings is 2. The van der Waals surface area contributed by atoms with Crippen molar-refractivity contribution >= 4 is 27.6 Å². The standard InChI is InChI=1S/C34H41NO9S/c1-21-5-15-28-22(2)31(41-32-34(28)27(21)17-18-33(3,42-32)43-44-34)35-30(37)20-40-19-24-6-11-25(12-7-24)29(36)16-10-23-8-13-26(14-9-23)45(4,38)39/h6-14,16,21-22,27-28,31-32H,5,15,17-20H2,1-4H3,(H,35,37)/b16-10+/t21-,22-,27+,28+,31+,32-,33-,34-/m1/s1. The molecule has 1 aliphatic carbocycles. The number of sulfone groups is 1. The highest BCUT2D eigenvalue weighted by atomic mass is 32.2. The third-order valence-electron chi connectivity index (χ3n) is 9.94. The highest BCUT2D eigenvalue weighted by molar-refractivity contribution is 7.90. The van der Waals surface area contributed by atoms with Gasteiger partial charge in [-0.25, -0.2) is 18.2 Å². The van der Waals surface area contributed by atoms with Crippen molar-refractivity contribution in [3.63, 3.8) is 0 Å². The molecule has 242 valence electrons. The van der Waals surface area contributed by atoms with Crippen molar-refractivity contribution in [3.8, 4) is 0 Å². The largest absolute Gasteiger partial charge is 0.367 e. The summed E-state index contributed by atoms with van der Waals surface area (Å²) in [5, 5.41) is 3.01. The topological polar surface area (TPSA) is 126 Å².